The van der Waals surface area contributed by atoms with Crippen LogP contribution in [-0.2, 0) is 9.59 Å². The minimum absolute atomic E-state index is 0.0746. The quantitative estimate of drug-likeness (QED) is 0.745. The molecule has 0 bridgehead atoms. The number of hydrogen-bond donors (Lipinski definition) is 1. The van der Waals surface area contributed by atoms with E-state index in [4.69, 9.17) is 5.11 Å². The first-order valence-electron chi connectivity index (χ1n) is 6.17. The Morgan fingerprint density at radius 2 is 1.88 bits per heavy atom. The summed E-state index contributed by atoms with van der Waals surface area (Å²) in [5.41, 5.74) is 0. The van der Waals surface area contributed by atoms with Crippen LogP contribution in [0.4, 0.5) is 0 Å². The van der Waals surface area contributed by atoms with Gasteiger partial charge in [-0.15, -0.1) is 0 Å². The topological polar surface area (TPSA) is 57.6 Å². The normalized spacial score (nSPS) is 20.2. The molecule has 0 aromatic heterocycles. The fourth-order valence-electron chi connectivity index (χ4n) is 2.05. The maximum atomic E-state index is 12.0. The van der Waals surface area contributed by atoms with Gasteiger partial charge in [0.05, 0.1) is 6.42 Å². The van der Waals surface area contributed by atoms with E-state index in [-0.39, 0.29) is 18.2 Å². The Kier molecular flexibility index (Phi) is 3.46. The maximum Gasteiger partial charge on any atom is 0.305 e. The number of carboxylic acids is 1. The van der Waals surface area contributed by atoms with E-state index < -0.39 is 5.97 Å². The highest BCUT2D eigenvalue weighted by molar-refractivity contribution is 5.80. The summed E-state index contributed by atoms with van der Waals surface area (Å²) in [6.07, 6.45) is 5.60. The third kappa shape index (κ3) is 2.97. The van der Waals surface area contributed by atoms with Gasteiger partial charge in [0.15, 0.2) is 0 Å². The number of nitrogens with zero attached hydrogens (tertiary/aromatic N) is 1. The Hall–Kier alpha value is -1.06. The molecule has 0 unspecified atom stereocenters. The molecule has 0 radical (unpaired) electrons. The van der Waals surface area contributed by atoms with Gasteiger partial charge >= 0.3 is 5.97 Å². The Labute approximate surface area is 95.6 Å². The minimum atomic E-state index is -0.817. The zero-order valence-electron chi connectivity index (χ0n) is 9.52. The first kappa shape index (κ1) is 11.4. The molecule has 90 valence electrons. The second kappa shape index (κ2) is 4.85. The van der Waals surface area contributed by atoms with Crippen molar-refractivity contribution < 1.29 is 14.7 Å². The van der Waals surface area contributed by atoms with Gasteiger partial charge in [-0.3, -0.25) is 9.59 Å². The summed E-state index contributed by atoms with van der Waals surface area (Å²) < 4.78 is 0. The summed E-state index contributed by atoms with van der Waals surface area (Å²) >= 11 is 0. The van der Waals surface area contributed by atoms with Gasteiger partial charge in [-0.2, -0.15) is 0 Å². The molecule has 2 aliphatic carbocycles. The number of carbonyl (C=O) groups is 2. The molecule has 4 heteroatoms. The summed E-state index contributed by atoms with van der Waals surface area (Å²) in [6.45, 7) is 1.17. The van der Waals surface area contributed by atoms with Gasteiger partial charge in [0.1, 0.15) is 0 Å². The van der Waals surface area contributed by atoms with Gasteiger partial charge < -0.3 is 10.0 Å². The zero-order chi connectivity index (χ0) is 11.5. The van der Waals surface area contributed by atoms with Crippen molar-refractivity contribution in [3.63, 3.8) is 0 Å². The van der Waals surface area contributed by atoms with Crippen LogP contribution in [0.25, 0.3) is 0 Å². The van der Waals surface area contributed by atoms with E-state index in [9.17, 15) is 9.59 Å². The SMILES string of the molecule is O=C(O)CCN(CC1CC1)C(=O)C1CCC1. The maximum absolute atomic E-state index is 12.0. The van der Waals surface area contributed by atoms with Gasteiger partial charge in [-0.05, 0) is 31.6 Å². The Bertz CT molecular complexity index is 282. The van der Waals surface area contributed by atoms with Crippen LogP contribution in [-0.4, -0.2) is 35.0 Å². The first-order chi connectivity index (χ1) is 7.66. The fraction of sp³-hybridized carbons (Fsp3) is 0.833. The van der Waals surface area contributed by atoms with Crippen LogP contribution in [0, 0.1) is 11.8 Å². The number of carbonyl (C=O) groups excluding carboxylic acids is 1. The molecule has 0 atom stereocenters. The molecule has 2 rings (SSSR count). The number of carboxylic acid groups (broad SMARTS) is 1. The monoisotopic (exact) mass is 225 g/mol. The molecule has 0 spiro atoms. The van der Waals surface area contributed by atoms with Crippen molar-refractivity contribution in [3.8, 4) is 0 Å². The Balaban J connectivity index is 1.83. The highest BCUT2D eigenvalue weighted by Crippen LogP contribution is 2.33. The predicted octanol–water partition coefficient (Wildman–Crippen LogP) is 1.50. The van der Waals surface area contributed by atoms with E-state index in [2.05, 4.69) is 0 Å². The van der Waals surface area contributed by atoms with Crippen LogP contribution in [0.5, 0.6) is 0 Å². The molecule has 2 saturated carbocycles. The van der Waals surface area contributed by atoms with Gasteiger partial charge in [-0.25, -0.2) is 0 Å². The molecular weight excluding hydrogens is 206 g/mol. The molecule has 0 aromatic carbocycles. The molecular formula is C12H19NO3. The number of amides is 1. The number of aliphatic carboxylic acids is 1. The molecule has 2 fully saturated rings. The summed E-state index contributed by atoms with van der Waals surface area (Å²) in [7, 11) is 0. The average molecular weight is 225 g/mol. The van der Waals surface area contributed by atoms with E-state index >= 15 is 0 Å². The fourth-order valence-corrected chi connectivity index (χ4v) is 2.05. The second-order valence-corrected chi connectivity index (χ2v) is 5.00. The molecule has 16 heavy (non-hydrogen) atoms. The second-order valence-electron chi connectivity index (χ2n) is 5.00. The summed E-state index contributed by atoms with van der Waals surface area (Å²) in [5, 5.41) is 8.67. The van der Waals surface area contributed by atoms with Crippen LogP contribution in [0.15, 0.2) is 0 Å². The van der Waals surface area contributed by atoms with Crippen LogP contribution < -0.4 is 0 Å². The smallest absolute Gasteiger partial charge is 0.305 e. The van der Waals surface area contributed by atoms with E-state index in [1.165, 1.54) is 12.8 Å². The largest absolute Gasteiger partial charge is 0.481 e. The van der Waals surface area contributed by atoms with Gasteiger partial charge in [0.25, 0.3) is 0 Å². The molecule has 1 amide bonds. The van der Waals surface area contributed by atoms with E-state index in [1.54, 1.807) is 4.90 Å². The number of hydrogen-bond acceptors (Lipinski definition) is 2. The molecule has 4 nitrogen and oxygen atoms in total. The van der Waals surface area contributed by atoms with Crippen molar-refractivity contribution in [2.24, 2.45) is 11.8 Å². The lowest BCUT2D eigenvalue weighted by molar-refractivity contribution is -0.141. The third-order valence-corrected chi connectivity index (χ3v) is 3.54. The van der Waals surface area contributed by atoms with Crippen molar-refractivity contribution in [2.75, 3.05) is 13.1 Å². The lowest BCUT2D eigenvalue weighted by Gasteiger charge is -2.31. The predicted molar refractivity (Wildman–Crippen MR) is 58.9 cm³/mol. The number of rotatable bonds is 6. The highest BCUT2D eigenvalue weighted by Gasteiger charge is 2.32. The van der Waals surface area contributed by atoms with Crippen LogP contribution in [0.1, 0.15) is 38.5 Å². The van der Waals surface area contributed by atoms with Gasteiger partial charge in [0.2, 0.25) is 5.91 Å². The first-order valence-corrected chi connectivity index (χ1v) is 6.17. The van der Waals surface area contributed by atoms with Crippen LogP contribution in [0.2, 0.25) is 0 Å². The summed E-state index contributed by atoms with van der Waals surface area (Å²) in [6, 6.07) is 0. The molecule has 1 N–H and O–H groups in total. The summed E-state index contributed by atoms with van der Waals surface area (Å²) in [5.74, 6) is 0.201. The van der Waals surface area contributed by atoms with Crippen LogP contribution >= 0.6 is 0 Å². The van der Waals surface area contributed by atoms with Crippen LogP contribution in [0.3, 0.4) is 0 Å². The molecule has 0 saturated heterocycles. The molecule has 0 aromatic rings. The molecule has 0 heterocycles. The lowest BCUT2D eigenvalue weighted by atomic mass is 9.84. The molecule has 0 aliphatic heterocycles. The van der Waals surface area contributed by atoms with Crippen molar-refractivity contribution in [2.45, 2.75) is 38.5 Å². The van der Waals surface area contributed by atoms with E-state index in [1.807, 2.05) is 0 Å². The van der Waals surface area contributed by atoms with Gasteiger partial charge in [-0.1, -0.05) is 6.42 Å². The van der Waals surface area contributed by atoms with Crippen molar-refractivity contribution in [1.82, 2.24) is 4.90 Å². The van der Waals surface area contributed by atoms with Crippen molar-refractivity contribution in [1.29, 1.82) is 0 Å². The average Bonchev–Trinajstić information content (AvgIpc) is 2.92. The summed E-state index contributed by atoms with van der Waals surface area (Å²) in [4.78, 5) is 24.4. The van der Waals surface area contributed by atoms with Crippen molar-refractivity contribution in [3.05, 3.63) is 0 Å². The van der Waals surface area contributed by atoms with E-state index in [0.29, 0.717) is 12.5 Å². The van der Waals surface area contributed by atoms with E-state index in [0.717, 1.165) is 25.8 Å². The highest BCUT2D eigenvalue weighted by atomic mass is 16.4. The lowest BCUT2D eigenvalue weighted by Crippen LogP contribution is -2.41. The Morgan fingerprint density at radius 3 is 2.31 bits per heavy atom. The van der Waals surface area contributed by atoms with Crippen molar-refractivity contribution >= 4 is 11.9 Å². The van der Waals surface area contributed by atoms with Gasteiger partial charge in [0, 0.05) is 19.0 Å². The standard InChI is InChI=1S/C12H19NO3/c14-11(15)6-7-13(8-9-4-5-9)12(16)10-2-1-3-10/h9-10H,1-8H2,(H,14,15). The minimum Gasteiger partial charge on any atom is -0.481 e. The zero-order valence-corrected chi connectivity index (χ0v) is 9.52. The third-order valence-electron chi connectivity index (χ3n) is 3.54. The Morgan fingerprint density at radius 1 is 1.19 bits per heavy atom. The molecule has 2 aliphatic rings.